The zero-order valence-electron chi connectivity index (χ0n) is 13.0. The van der Waals surface area contributed by atoms with Gasteiger partial charge in [-0.1, -0.05) is 47.5 Å². The Balaban J connectivity index is 2.17. The minimum atomic E-state index is -0.730. The van der Waals surface area contributed by atoms with Gasteiger partial charge in [-0.15, -0.1) is 0 Å². The Kier molecular flexibility index (Phi) is 6.06. The van der Waals surface area contributed by atoms with Crippen molar-refractivity contribution >= 4 is 40.8 Å². The Bertz CT molecular complexity index is 765. The zero-order valence-corrected chi connectivity index (χ0v) is 14.5. The number of hydrogen-bond donors (Lipinski definition) is 3. The number of primary amides is 1. The highest BCUT2D eigenvalue weighted by Gasteiger charge is 2.20. The van der Waals surface area contributed by atoms with Crippen LogP contribution in [0.25, 0.3) is 0 Å². The van der Waals surface area contributed by atoms with Crippen molar-refractivity contribution in [2.45, 2.75) is 19.4 Å². The van der Waals surface area contributed by atoms with Crippen LogP contribution >= 0.6 is 23.2 Å². The van der Waals surface area contributed by atoms with Gasteiger partial charge in [0.25, 0.3) is 0 Å². The molecule has 0 bridgehead atoms. The molecule has 2 rings (SSSR count). The molecular formula is C17H17Cl2N3O2. The Morgan fingerprint density at radius 1 is 1.17 bits per heavy atom. The van der Waals surface area contributed by atoms with Gasteiger partial charge in [0.1, 0.15) is 0 Å². The molecule has 1 unspecified atom stereocenters. The molecular weight excluding hydrogens is 349 g/mol. The van der Waals surface area contributed by atoms with Crippen LogP contribution in [0.1, 0.15) is 23.6 Å². The third-order valence-corrected chi connectivity index (χ3v) is 4.04. The number of amides is 3. The number of carbonyl (C=O) groups is 2. The first kappa shape index (κ1) is 18.1. The van der Waals surface area contributed by atoms with Gasteiger partial charge in [0, 0.05) is 15.7 Å². The van der Waals surface area contributed by atoms with Crippen LogP contribution in [0.2, 0.25) is 10.0 Å². The van der Waals surface area contributed by atoms with Gasteiger partial charge < -0.3 is 16.4 Å². The number of rotatable bonds is 5. The lowest BCUT2D eigenvalue weighted by molar-refractivity contribution is -0.116. The summed E-state index contributed by atoms with van der Waals surface area (Å²) in [4.78, 5) is 23.6. The summed E-state index contributed by atoms with van der Waals surface area (Å²) in [6.07, 6.45) is -0.0153. The molecule has 0 saturated heterocycles. The molecule has 3 amide bonds. The normalized spacial score (nSPS) is 11.6. The van der Waals surface area contributed by atoms with Crippen LogP contribution < -0.4 is 16.4 Å². The SMILES string of the molecule is Cc1ccc(Cl)cc1NC(=O)CC(NC(N)=O)c1ccccc1Cl. The first-order valence-electron chi connectivity index (χ1n) is 7.23. The predicted octanol–water partition coefficient (Wildman–Crippen LogP) is 4.04. The monoisotopic (exact) mass is 365 g/mol. The molecule has 5 nitrogen and oxygen atoms in total. The second-order valence-electron chi connectivity index (χ2n) is 5.29. The van der Waals surface area contributed by atoms with E-state index in [4.69, 9.17) is 28.9 Å². The van der Waals surface area contributed by atoms with E-state index < -0.39 is 12.1 Å². The van der Waals surface area contributed by atoms with Gasteiger partial charge in [-0.05, 0) is 36.2 Å². The Morgan fingerprint density at radius 2 is 1.88 bits per heavy atom. The van der Waals surface area contributed by atoms with E-state index in [1.165, 1.54) is 0 Å². The molecule has 0 aliphatic carbocycles. The topological polar surface area (TPSA) is 84.2 Å². The molecule has 0 heterocycles. The van der Waals surface area contributed by atoms with Crippen LogP contribution in [-0.4, -0.2) is 11.9 Å². The summed E-state index contributed by atoms with van der Waals surface area (Å²) in [7, 11) is 0. The van der Waals surface area contributed by atoms with Crippen LogP contribution in [0, 0.1) is 6.92 Å². The highest BCUT2D eigenvalue weighted by atomic mass is 35.5. The van der Waals surface area contributed by atoms with Gasteiger partial charge in [0.2, 0.25) is 5.91 Å². The lowest BCUT2D eigenvalue weighted by Gasteiger charge is -2.19. The van der Waals surface area contributed by atoms with E-state index in [0.29, 0.717) is 21.3 Å². The van der Waals surface area contributed by atoms with E-state index in [-0.39, 0.29) is 12.3 Å². The second kappa shape index (κ2) is 8.04. The molecule has 24 heavy (non-hydrogen) atoms. The first-order chi connectivity index (χ1) is 11.4. The third kappa shape index (κ3) is 4.88. The van der Waals surface area contributed by atoms with Gasteiger partial charge in [-0.25, -0.2) is 4.79 Å². The van der Waals surface area contributed by atoms with Crippen LogP contribution in [0.3, 0.4) is 0 Å². The molecule has 0 spiro atoms. The van der Waals surface area contributed by atoms with Crippen molar-refractivity contribution in [3.8, 4) is 0 Å². The number of urea groups is 1. The number of aryl methyl sites for hydroxylation is 1. The average Bonchev–Trinajstić information content (AvgIpc) is 2.50. The molecule has 0 aliphatic heterocycles. The molecule has 0 radical (unpaired) electrons. The maximum Gasteiger partial charge on any atom is 0.312 e. The number of halogens is 2. The van der Waals surface area contributed by atoms with E-state index in [9.17, 15) is 9.59 Å². The summed E-state index contributed by atoms with van der Waals surface area (Å²) >= 11 is 12.1. The van der Waals surface area contributed by atoms with E-state index in [2.05, 4.69) is 10.6 Å². The predicted molar refractivity (Wildman–Crippen MR) is 96.3 cm³/mol. The number of anilines is 1. The van der Waals surface area contributed by atoms with Crippen LogP contribution in [0.5, 0.6) is 0 Å². The molecule has 2 aromatic rings. The lowest BCUT2D eigenvalue weighted by Crippen LogP contribution is -2.35. The molecule has 1 atom stereocenters. The van der Waals surface area contributed by atoms with E-state index in [1.54, 1.807) is 36.4 Å². The maximum absolute atomic E-state index is 12.4. The summed E-state index contributed by atoms with van der Waals surface area (Å²) in [5, 5.41) is 6.30. The molecule has 2 aromatic carbocycles. The minimum absolute atomic E-state index is 0.0153. The lowest BCUT2D eigenvalue weighted by atomic mass is 10.0. The van der Waals surface area contributed by atoms with Gasteiger partial charge in [0.05, 0.1) is 12.5 Å². The largest absolute Gasteiger partial charge is 0.352 e. The molecule has 0 saturated carbocycles. The van der Waals surface area contributed by atoms with Crippen molar-refractivity contribution in [3.05, 3.63) is 63.6 Å². The maximum atomic E-state index is 12.4. The molecule has 0 fully saturated rings. The number of carbonyl (C=O) groups excluding carboxylic acids is 2. The first-order valence-corrected chi connectivity index (χ1v) is 7.99. The summed E-state index contributed by atoms with van der Waals surface area (Å²) < 4.78 is 0. The molecule has 7 heteroatoms. The Morgan fingerprint density at radius 3 is 2.54 bits per heavy atom. The van der Waals surface area contributed by atoms with Crippen molar-refractivity contribution in [1.82, 2.24) is 5.32 Å². The smallest absolute Gasteiger partial charge is 0.312 e. The average molecular weight is 366 g/mol. The highest BCUT2D eigenvalue weighted by molar-refractivity contribution is 6.31. The molecule has 126 valence electrons. The van der Waals surface area contributed by atoms with Crippen LogP contribution in [0.4, 0.5) is 10.5 Å². The van der Waals surface area contributed by atoms with Gasteiger partial charge in [-0.3, -0.25) is 4.79 Å². The van der Waals surface area contributed by atoms with E-state index in [0.717, 1.165) is 5.56 Å². The number of benzene rings is 2. The summed E-state index contributed by atoms with van der Waals surface area (Å²) in [5.74, 6) is -0.293. The number of hydrogen-bond acceptors (Lipinski definition) is 2. The minimum Gasteiger partial charge on any atom is -0.352 e. The molecule has 4 N–H and O–H groups in total. The number of nitrogens with two attached hydrogens (primary N) is 1. The fourth-order valence-electron chi connectivity index (χ4n) is 2.28. The van der Waals surface area contributed by atoms with Crippen molar-refractivity contribution in [2.24, 2.45) is 5.73 Å². The standard InChI is InChI=1S/C17H17Cl2N3O2/c1-10-6-7-11(18)8-14(10)21-16(23)9-15(22-17(20)24)12-4-2-3-5-13(12)19/h2-8,15H,9H2,1H3,(H,21,23)(H3,20,22,24). The summed E-state index contributed by atoms with van der Waals surface area (Å²) in [6.45, 7) is 1.86. The summed E-state index contributed by atoms with van der Waals surface area (Å²) in [6, 6.07) is 10.8. The number of nitrogens with one attached hydrogen (secondary N) is 2. The van der Waals surface area contributed by atoms with Crippen LogP contribution in [-0.2, 0) is 4.79 Å². The van der Waals surface area contributed by atoms with Crippen molar-refractivity contribution in [2.75, 3.05) is 5.32 Å². The fourth-order valence-corrected chi connectivity index (χ4v) is 2.72. The van der Waals surface area contributed by atoms with E-state index >= 15 is 0 Å². The van der Waals surface area contributed by atoms with Gasteiger partial charge in [-0.2, -0.15) is 0 Å². The third-order valence-electron chi connectivity index (χ3n) is 3.46. The molecule has 0 aliphatic rings. The van der Waals surface area contributed by atoms with Crippen molar-refractivity contribution in [1.29, 1.82) is 0 Å². The van der Waals surface area contributed by atoms with E-state index in [1.807, 2.05) is 13.0 Å². The fraction of sp³-hybridized carbons (Fsp3) is 0.176. The zero-order chi connectivity index (χ0) is 17.7. The highest BCUT2D eigenvalue weighted by Crippen LogP contribution is 2.26. The van der Waals surface area contributed by atoms with Gasteiger partial charge in [0.15, 0.2) is 0 Å². The van der Waals surface area contributed by atoms with Gasteiger partial charge >= 0.3 is 6.03 Å². The van der Waals surface area contributed by atoms with Crippen molar-refractivity contribution < 1.29 is 9.59 Å². The quantitative estimate of drug-likeness (QED) is 0.746. The molecule has 0 aromatic heterocycles. The van der Waals surface area contributed by atoms with Crippen molar-refractivity contribution in [3.63, 3.8) is 0 Å². The Hall–Kier alpha value is -2.24. The van der Waals surface area contributed by atoms with Crippen LogP contribution in [0.15, 0.2) is 42.5 Å². The Labute approximate surface area is 150 Å². The summed E-state index contributed by atoms with van der Waals surface area (Å²) in [5.41, 5.74) is 7.33. The second-order valence-corrected chi connectivity index (χ2v) is 6.14.